The van der Waals surface area contributed by atoms with Crippen LogP contribution in [-0.2, 0) is 21.4 Å². The van der Waals surface area contributed by atoms with E-state index in [1.54, 1.807) is 12.1 Å². The number of sulfonamides is 1. The topological polar surface area (TPSA) is 101 Å². The van der Waals surface area contributed by atoms with Crippen molar-refractivity contribution in [3.63, 3.8) is 0 Å². The van der Waals surface area contributed by atoms with Crippen molar-refractivity contribution >= 4 is 15.9 Å². The molecule has 0 fully saturated rings. The maximum atomic E-state index is 11.8. The number of carbonyl (C=O) groups is 1. The third-order valence-electron chi connectivity index (χ3n) is 2.84. The van der Waals surface area contributed by atoms with Crippen LogP contribution in [0.2, 0.25) is 0 Å². The minimum absolute atomic E-state index is 0.0462. The summed E-state index contributed by atoms with van der Waals surface area (Å²) in [5, 5.41) is 10.9. The fraction of sp³-hybridized carbons (Fsp3) is 0.462. The lowest BCUT2D eigenvalue weighted by atomic mass is 10.1. The summed E-state index contributed by atoms with van der Waals surface area (Å²) in [4.78, 5) is 11.9. The Balaban J connectivity index is 2.60. The van der Waals surface area contributed by atoms with Gasteiger partial charge in [0.1, 0.15) is 0 Å². The van der Waals surface area contributed by atoms with Gasteiger partial charge in [0.2, 0.25) is 15.9 Å². The first-order valence-corrected chi connectivity index (χ1v) is 7.99. The van der Waals surface area contributed by atoms with Crippen LogP contribution in [0.15, 0.2) is 29.2 Å². The quantitative estimate of drug-likeness (QED) is 0.669. The number of hydrogen-bond donors (Lipinski definition) is 3. The minimum atomic E-state index is -3.71. The van der Waals surface area contributed by atoms with Gasteiger partial charge < -0.3 is 10.6 Å². The van der Waals surface area contributed by atoms with E-state index in [1.165, 1.54) is 12.1 Å². The van der Waals surface area contributed by atoms with Crippen LogP contribution in [0.5, 0.6) is 0 Å². The van der Waals surface area contributed by atoms with E-state index in [9.17, 15) is 13.2 Å². The number of hydrogen-bond acceptors (Lipinski definition) is 4. The normalized spacial score (nSPS) is 12.9. The van der Waals surface area contributed by atoms with Gasteiger partial charge in [-0.1, -0.05) is 26.0 Å². The molecule has 0 aromatic heterocycles. The molecule has 20 heavy (non-hydrogen) atoms. The first kappa shape index (κ1) is 16.6. The van der Waals surface area contributed by atoms with Crippen LogP contribution in [0.4, 0.5) is 0 Å². The van der Waals surface area contributed by atoms with E-state index >= 15 is 0 Å². The van der Waals surface area contributed by atoms with Crippen molar-refractivity contribution in [1.29, 1.82) is 0 Å². The summed E-state index contributed by atoms with van der Waals surface area (Å²) in [6, 6.07) is 6.23. The van der Waals surface area contributed by atoms with Crippen molar-refractivity contribution in [2.45, 2.75) is 25.3 Å². The molecule has 1 amide bonds. The van der Waals surface area contributed by atoms with Gasteiger partial charge in [-0.2, -0.15) is 0 Å². The van der Waals surface area contributed by atoms with Crippen molar-refractivity contribution in [3.05, 3.63) is 29.8 Å². The Bertz CT molecular complexity index is 558. The number of primary sulfonamides is 1. The molecule has 0 saturated carbocycles. The molecule has 0 radical (unpaired) electrons. The minimum Gasteiger partial charge on any atom is -0.352 e. The summed E-state index contributed by atoms with van der Waals surface area (Å²) in [5.74, 6) is -0.219. The fourth-order valence-corrected chi connectivity index (χ4v) is 2.23. The molecule has 0 aliphatic rings. The van der Waals surface area contributed by atoms with Crippen molar-refractivity contribution in [2.75, 3.05) is 13.1 Å². The summed E-state index contributed by atoms with van der Waals surface area (Å²) in [7, 11) is -3.71. The lowest BCUT2D eigenvalue weighted by Crippen LogP contribution is -2.34. The first-order valence-electron chi connectivity index (χ1n) is 6.44. The highest BCUT2D eigenvalue weighted by Crippen LogP contribution is 2.09. The van der Waals surface area contributed by atoms with Crippen LogP contribution >= 0.6 is 0 Å². The molecule has 0 saturated heterocycles. The van der Waals surface area contributed by atoms with Gasteiger partial charge >= 0.3 is 0 Å². The van der Waals surface area contributed by atoms with E-state index in [-0.39, 0.29) is 23.3 Å². The van der Waals surface area contributed by atoms with E-state index in [0.29, 0.717) is 12.1 Å². The zero-order valence-corrected chi connectivity index (χ0v) is 12.5. The number of rotatable bonds is 7. The second-order valence-electron chi connectivity index (χ2n) is 4.62. The molecule has 7 heteroatoms. The number of benzene rings is 1. The molecular weight excluding hydrogens is 278 g/mol. The molecular formula is C13H21N3O3S. The summed E-state index contributed by atoms with van der Waals surface area (Å²) in [5.41, 5.74) is 0.695. The molecule has 0 heterocycles. The summed E-state index contributed by atoms with van der Waals surface area (Å²) in [6.45, 7) is 5.51. The van der Waals surface area contributed by atoms with Gasteiger partial charge in [0.25, 0.3) is 0 Å². The fourth-order valence-electron chi connectivity index (χ4n) is 1.65. The highest BCUT2D eigenvalue weighted by atomic mass is 32.2. The van der Waals surface area contributed by atoms with Gasteiger partial charge in [-0.3, -0.25) is 4.79 Å². The maximum absolute atomic E-state index is 11.8. The van der Waals surface area contributed by atoms with Crippen LogP contribution in [0.3, 0.4) is 0 Å². The molecule has 112 valence electrons. The Morgan fingerprint density at radius 1 is 1.40 bits per heavy atom. The van der Waals surface area contributed by atoms with Crippen LogP contribution in [0, 0.1) is 5.92 Å². The van der Waals surface area contributed by atoms with Gasteiger partial charge in [-0.05, 0) is 24.2 Å². The molecule has 1 unspecified atom stereocenters. The average molecular weight is 299 g/mol. The van der Waals surface area contributed by atoms with Gasteiger partial charge in [-0.15, -0.1) is 0 Å². The predicted molar refractivity (Wildman–Crippen MR) is 77.4 cm³/mol. The number of nitrogens with one attached hydrogen (secondary N) is 2. The molecule has 1 aromatic carbocycles. The van der Waals surface area contributed by atoms with E-state index in [2.05, 4.69) is 10.6 Å². The maximum Gasteiger partial charge on any atom is 0.238 e. The third-order valence-corrected chi connectivity index (χ3v) is 3.75. The Morgan fingerprint density at radius 2 is 2.10 bits per heavy atom. The predicted octanol–water partition coefficient (Wildman–Crippen LogP) is 0.196. The number of nitrogens with two attached hydrogens (primary N) is 1. The lowest BCUT2D eigenvalue weighted by Gasteiger charge is -2.12. The van der Waals surface area contributed by atoms with E-state index in [4.69, 9.17) is 5.14 Å². The van der Waals surface area contributed by atoms with Crippen LogP contribution in [0.25, 0.3) is 0 Å². The van der Waals surface area contributed by atoms with Crippen molar-refractivity contribution in [3.8, 4) is 0 Å². The highest BCUT2D eigenvalue weighted by Gasteiger charge is 2.12. The van der Waals surface area contributed by atoms with E-state index < -0.39 is 10.0 Å². The summed E-state index contributed by atoms with van der Waals surface area (Å²) < 4.78 is 22.5. The molecule has 6 nitrogen and oxygen atoms in total. The zero-order valence-electron chi connectivity index (χ0n) is 11.7. The van der Waals surface area contributed by atoms with Crippen molar-refractivity contribution in [1.82, 2.24) is 10.6 Å². The van der Waals surface area contributed by atoms with Gasteiger partial charge in [0, 0.05) is 19.0 Å². The summed E-state index contributed by atoms with van der Waals surface area (Å²) >= 11 is 0. The molecule has 0 bridgehead atoms. The monoisotopic (exact) mass is 299 g/mol. The van der Waals surface area contributed by atoms with E-state index in [1.807, 2.05) is 13.8 Å². The molecule has 1 atom stereocenters. The largest absolute Gasteiger partial charge is 0.352 e. The smallest absolute Gasteiger partial charge is 0.238 e. The standard InChI is InChI=1S/C13H21N3O3S/c1-3-15-8-10(2)13(17)16-9-11-5-4-6-12(7-11)20(14,18)19/h4-7,10,15H,3,8-9H2,1-2H3,(H,16,17)(H2,14,18,19). The average Bonchev–Trinajstić information content (AvgIpc) is 2.41. The van der Waals surface area contributed by atoms with Crippen LogP contribution in [0.1, 0.15) is 19.4 Å². The highest BCUT2D eigenvalue weighted by molar-refractivity contribution is 7.89. The zero-order chi connectivity index (χ0) is 15.2. The Kier molecular flexibility index (Phi) is 6.12. The number of carbonyl (C=O) groups excluding carboxylic acids is 1. The SMILES string of the molecule is CCNCC(C)C(=O)NCc1cccc(S(N)(=O)=O)c1. The first-order chi connectivity index (χ1) is 9.34. The van der Waals surface area contributed by atoms with Gasteiger partial charge in [0.05, 0.1) is 4.90 Å². The molecule has 4 N–H and O–H groups in total. The lowest BCUT2D eigenvalue weighted by molar-refractivity contribution is -0.124. The molecule has 0 aliphatic heterocycles. The molecule has 1 aromatic rings. The second-order valence-corrected chi connectivity index (χ2v) is 6.18. The summed E-state index contributed by atoms with van der Waals surface area (Å²) in [6.07, 6.45) is 0. The Morgan fingerprint density at radius 3 is 2.70 bits per heavy atom. The number of amides is 1. The van der Waals surface area contributed by atoms with Crippen molar-refractivity contribution in [2.24, 2.45) is 11.1 Å². The van der Waals surface area contributed by atoms with Gasteiger partial charge in [-0.25, -0.2) is 13.6 Å². The van der Waals surface area contributed by atoms with Gasteiger partial charge in [0.15, 0.2) is 0 Å². The molecule has 1 rings (SSSR count). The molecule has 0 spiro atoms. The second kappa shape index (κ2) is 7.37. The van der Waals surface area contributed by atoms with Crippen LogP contribution in [-0.4, -0.2) is 27.4 Å². The Labute approximate surface area is 119 Å². The Hall–Kier alpha value is -1.44. The van der Waals surface area contributed by atoms with Crippen molar-refractivity contribution < 1.29 is 13.2 Å². The molecule has 0 aliphatic carbocycles. The third kappa shape index (κ3) is 5.28. The van der Waals surface area contributed by atoms with E-state index in [0.717, 1.165) is 6.54 Å². The van der Waals surface area contributed by atoms with Crippen LogP contribution < -0.4 is 15.8 Å².